The van der Waals surface area contributed by atoms with Crippen LogP contribution in [0.1, 0.15) is 45.9 Å². The van der Waals surface area contributed by atoms with Crippen LogP contribution in [0.2, 0.25) is 0 Å². The Kier molecular flexibility index (Phi) is 8.25. The van der Waals surface area contributed by atoms with E-state index >= 15 is 0 Å². The molecular formula is C28H28F3N7O2S. The van der Waals surface area contributed by atoms with Gasteiger partial charge in [0.05, 0.1) is 29.0 Å². The Morgan fingerprint density at radius 3 is 2.61 bits per heavy atom. The summed E-state index contributed by atoms with van der Waals surface area (Å²) < 4.78 is 48.4. The first kappa shape index (κ1) is 28.5. The Bertz CT molecular complexity index is 1590. The van der Waals surface area contributed by atoms with E-state index in [0.717, 1.165) is 61.3 Å². The number of alkyl halides is 3. The van der Waals surface area contributed by atoms with Crippen molar-refractivity contribution < 1.29 is 22.7 Å². The van der Waals surface area contributed by atoms with Crippen molar-refractivity contribution >= 4 is 28.3 Å². The molecule has 0 aliphatic carbocycles. The highest BCUT2D eigenvalue weighted by atomic mass is 32.1. The van der Waals surface area contributed by atoms with Crippen molar-refractivity contribution in [3.8, 4) is 16.8 Å². The molecule has 9 nitrogen and oxygen atoms in total. The van der Waals surface area contributed by atoms with Gasteiger partial charge in [-0.2, -0.15) is 18.4 Å². The third-order valence-electron chi connectivity index (χ3n) is 7.03. The number of piperazine rings is 1. The highest BCUT2D eigenvalue weighted by Gasteiger charge is 2.35. The Hall–Kier alpha value is -3.99. The molecule has 1 saturated heterocycles. The van der Waals surface area contributed by atoms with Gasteiger partial charge in [0, 0.05) is 57.3 Å². The lowest BCUT2D eigenvalue weighted by Gasteiger charge is -2.34. The van der Waals surface area contributed by atoms with Crippen molar-refractivity contribution in [1.29, 1.82) is 5.26 Å². The van der Waals surface area contributed by atoms with Crippen LogP contribution >= 0.6 is 11.3 Å². The number of benzene rings is 1. The summed E-state index contributed by atoms with van der Waals surface area (Å²) in [5, 5.41) is 9.39. The quantitative estimate of drug-likeness (QED) is 0.302. The molecule has 3 aromatic heterocycles. The number of aromatic nitrogens is 3. The standard InChI is InChI=1S/C28H28F3N7O2S/c1-18(20-5-2-3-6-21(20)28(29,30)31)40-24-14-25(41-26(24)27(33)39)38-17-35-22-15-34-19(13-23(22)38)16-37-11-9-36(10-12-37)8-4-7-32/h2-3,5-6,13-15,17-18H,4,8-12,16H2,1H3,(H2,33,39)/t18-/m1/s1. The molecule has 1 aromatic carbocycles. The van der Waals surface area contributed by atoms with Gasteiger partial charge in [-0.05, 0) is 19.1 Å². The van der Waals surface area contributed by atoms with Gasteiger partial charge in [-0.1, -0.05) is 18.2 Å². The first-order valence-electron chi connectivity index (χ1n) is 13.0. The average molecular weight is 584 g/mol. The summed E-state index contributed by atoms with van der Waals surface area (Å²) in [5.74, 6) is -0.638. The maximum absolute atomic E-state index is 13.6. The lowest BCUT2D eigenvalue weighted by atomic mass is 10.0. The van der Waals surface area contributed by atoms with E-state index in [-0.39, 0.29) is 16.2 Å². The first-order chi connectivity index (χ1) is 19.6. The van der Waals surface area contributed by atoms with Gasteiger partial charge in [0.2, 0.25) is 0 Å². The van der Waals surface area contributed by atoms with Crippen LogP contribution in [0.25, 0.3) is 16.0 Å². The highest BCUT2D eigenvalue weighted by molar-refractivity contribution is 7.16. The van der Waals surface area contributed by atoms with Crippen LogP contribution in [0.3, 0.4) is 0 Å². The predicted octanol–water partition coefficient (Wildman–Crippen LogP) is 4.77. The normalized spacial score (nSPS) is 15.6. The number of thiophene rings is 1. The molecular weight excluding hydrogens is 555 g/mol. The fourth-order valence-corrected chi connectivity index (χ4v) is 5.85. The molecule has 41 heavy (non-hydrogen) atoms. The molecule has 214 valence electrons. The predicted molar refractivity (Wildman–Crippen MR) is 148 cm³/mol. The third-order valence-corrected chi connectivity index (χ3v) is 8.16. The number of rotatable bonds is 9. The Labute approximate surface area is 238 Å². The van der Waals surface area contributed by atoms with Crippen molar-refractivity contribution in [3.05, 3.63) is 70.6 Å². The number of ether oxygens (including phenoxy) is 1. The number of nitrogens with zero attached hydrogens (tertiary/aromatic N) is 6. The summed E-state index contributed by atoms with van der Waals surface area (Å²) in [6, 6.07) is 10.9. The van der Waals surface area contributed by atoms with Crippen molar-refractivity contribution in [3.63, 3.8) is 0 Å². The molecule has 1 fully saturated rings. The molecule has 1 aliphatic rings. The SMILES string of the molecule is C[C@@H](Oc1cc(-n2cnc3cnc(CN4CCN(CCC#N)CC4)cc32)sc1C(N)=O)c1ccccc1C(F)(F)F. The largest absolute Gasteiger partial charge is 0.484 e. The first-order valence-corrected chi connectivity index (χ1v) is 13.9. The minimum absolute atomic E-state index is 0.0436. The van der Waals surface area contributed by atoms with Gasteiger partial charge in [-0.3, -0.25) is 24.1 Å². The molecule has 0 saturated carbocycles. The fraction of sp³-hybridized carbons (Fsp3) is 0.357. The summed E-state index contributed by atoms with van der Waals surface area (Å²) >= 11 is 1.08. The van der Waals surface area contributed by atoms with E-state index in [1.54, 1.807) is 23.2 Å². The Morgan fingerprint density at radius 1 is 1.17 bits per heavy atom. The summed E-state index contributed by atoms with van der Waals surface area (Å²) in [7, 11) is 0. The molecule has 1 atom stereocenters. The monoisotopic (exact) mass is 583 g/mol. The number of carbonyl (C=O) groups excluding carboxylic acids is 1. The van der Waals surface area contributed by atoms with Crippen LogP contribution in [-0.2, 0) is 12.7 Å². The molecule has 4 heterocycles. The number of hydrogen-bond acceptors (Lipinski definition) is 8. The fourth-order valence-electron chi connectivity index (χ4n) is 4.93. The lowest BCUT2D eigenvalue weighted by Crippen LogP contribution is -2.46. The van der Waals surface area contributed by atoms with E-state index in [0.29, 0.717) is 23.5 Å². The minimum Gasteiger partial charge on any atom is -0.484 e. The van der Waals surface area contributed by atoms with Crippen LogP contribution in [0, 0.1) is 11.3 Å². The molecule has 1 aliphatic heterocycles. The van der Waals surface area contributed by atoms with E-state index < -0.39 is 23.8 Å². The van der Waals surface area contributed by atoms with Gasteiger partial charge in [0.25, 0.3) is 5.91 Å². The number of imidazole rings is 1. The maximum atomic E-state index is 13.6. The molecule has 1 amide bonds. The maximum Gasteiger partial charge on any atom is 0.416 e. The van der Waals surface area contributed by atoms with Gasteiger partial charge in [0.1, 0.15) is 33.6 Å². The number of nitrogens with two attached hydrogens (primary N) is 1. The van der Waals surface area contributed by atoms with Gasteiger partial charge < -0.3 is 10.5 Å². The third kappa shape index (κ3) is 6.35. The topological polar surface area (TPSA) is 113 Å². The summed E-state index contributed by atoms with van der Waals surface area (Å²) in [6.07, 6.45) is -1.72. The number of amides is 1. The molecule has 0 spiro atoms. The van der Waals surface area contributed by atoms with E-state index in [2.05, 4.69) is 25.8 Å². The van der Waals surface area contributed by atoms with Crippen LogP contribution in [0.15, 0.2) is 48.9 Å². The second-order valence-corrected chi connectivity index (χ2v) is 10.8. The summed E-state index contributed by atoms with van der Waals surface area (Å²) in [5.41, 5.74) is 7.05. The number of fused-ring (bicyclic) bond motifs is 1. The number of pyridine rings is 1. The lowest BCUT2D eigenvalue weighted by molar-refractivity contribution is -0.139. The van der Waals surface area contributed by atoms with Gasteiger partial charge >= 0.3 is 6.18 Å². The van der Waals surface area contributed by atoms with Crippen LogP contribution in [-0.4, -0.2) is 63.0 Å². The van der Waals surface area contributed by atoms with E-state index in [4.69, 9.17) is 15.7 Å². The number of hydrogen-bond donors (Lipinski definition) is 1. The second kappa shape index (κ2) is 11.9. The summed E-state index contributed by atoms with van der Waals surface area (Å²) in [4.78, 5) is 26.0. The minimum atomic E-state index is -4.55. The number of carbonyl (C=O) groups is 1. The van der Waals surface area contributed by atoms with Crippen molar-refractivity contribution in [2.24, 2.45) is 5.73 Å². The van der Waals surface area contributed by atoms with E-state index in [9.17, 15) is 18.0 Å². The van der Waals surface area contributed by atoms with Crippen molar-refractivity contribution in [2.45, 2.75) is 32.2 Å². The zero-order valence-electron chi connectivity index (χ0n) is 22.3. The molecule has 0 bridgehead atoms. The number of halogens is 3. The Morgan fingerprint density at radius 2 is 1.90 bits per heavy atom. The van der Waals surface area contributed by atoms with Crippen LogP contribution < -0.4 is 10.5 Å². The zero-order valence-corrected chi connectivity index (χ0v) is 23.1. The van der Waals surface area contributed by atoms with Gasteiger partial charge in [0.15, 0.2) is 0 Å². The second-order valence-electron chi connectivity index (χ2n) is 9.79. The van der Waals surface area contributed by atoms with Crippen molar-refractivity contribution in [1.82, 2.24) is 24.3 Å². The molecule has 4 aromatic rings. The molecule has 0 radical (unpaired) electrons. The zero-order chi connectivity index (χ0) is 29.1. The Balaban J connectivity index is 1.38. The van der Waals surface area contributed by atoms with Gasteiger partial charge in [-0.15, -0.1) is 11.3 Å². The average Bonchev–Trinajstić information content (AvgIpc) is 3.56. The van der Waals surface area contributed by atoms with Crippen LogP contribution in [0.4, 0.5) is 13.2 Å². The highest BCUT2D eigenvalue weighted by Crippen LogP contribution is 2.39. The smallest absolute Gasteiger partial charge is 0.416 e. The van der Waals surface area contributed by atoms with E-state index in [1.807, 2.05) is 6.07 Å². The van der Waals surface area contributed by atoms with Crippen LogP contribution in [0.5, 0.6) is 5.75 Å². The van der Waals surface area contributed by atoms with E-state index in [1.165, 1.54) is 25.1 Å². The summed E-state index contributed by atoms with van der Waals surface area (Å²) in [6.45, 7) is 6.45. The number of primary amides is 1. The molecule has 13 heteroatoms. The molecule has 0 unspecified atom stereocenters. The molecule has 2 N–H and O–H groups in total. The van der Waals surface area contributed by atoms with Gasteiger partial charge in [-0.25, -0.2) is 4.98 Å². The van der Waals surface area contributed by atoms with Crippen molar-refractivity contribution in [2.75, 3.05) is 32.7 Å². The molecule has 5 rings (SSSR count). The number of nitriles is 1.